The van der Waals surface area contributed by atoms with E-state index in [1.807, 2.05) is 12.1 Å². The first kappa shape index (κ1) is 24.6. The van der Waals surface area contributed by atoms with Gasteiger partial charge in [0.05, 0.1) is 18.7 Å². The number of benzene rings is 1. The third-order valence-corrected chi connectivity index (χ3v) is 7.37. The van der Waals surface area contributed by atoms with Gasteiger partial charge >= 0.3 is 0 Å². The molecule has 9 nitrogen and oxygen atoms in total. The lowest BCUT2D eigenvalue weighted by molar-refractivity contribution is -0.126. The van der Waals surface area contributed by atoms with E-state index in [1.54, 1.807) is 23.8 Å². The minimum atomic E-state index is -0.807. The van der Waals surface area contributed by atoms with Crippen LogP contribution in [-0.2, 0) is 9.59 Å². The van der Waals surface area contributed by atoms with E-state index in [1.165, 1.54) is 6.42 Å². The smallest absolute Gasteiger partial charge is 0.265 e. The molecule has 0 spiro atoms. The highest BCUT2D eigenvalue weighted by Gasteiger charge is 2.33. The Balaban J connectivity index is 1.70. The number of carbonyl (C=O) groups excluding carboxylic acids is 3. The second-order valence-electron chi connectivity index (χ2n) is 9.62. The second-order valence-corrected chi connectivity index (χ2v) is 9.62. The van der Waals surface area contributed by atoms with Crippen LogP contribution in [0.2, 0.25) is 0 Å². The van der Waals surface area contributed by atoms with Crippen molar-refractivity contribution in [1.29, 1.82) is 5.26 Å². The molecule has 1 saturated carbocycles. The Kier molecular flexibility index (Phi) is 7.59. The average Bonchev–Trinajstić information content (AvgIpc) is 3.45. The highest BCUT2D eigenvalue weighted by molar-refractivity contribution is 6.01. The summed E-state index contributed by atoms with van der Waals surface area (Å²) in [4.78, 5) is 38.3. The van der Waals surface area contributed by atoms with Crippen LogP contribution in [0, 0.1) is 23.2 Å². The van der Waals surface area contributed by atoms with Gasteiger partial charge in [0, 0.05) is 17.8 Å². The summed E-state index contributed by atoms with van der Waals surface area (Å²) in [6.07, 6.45) is 6.88. The molecule has 2 fully saturated rings. The van der Waals surface area contributed by atoms with E-state index < -0.39 is 18.0 Å². The fourth-order valence-electron chi connectivity index (χ4n) is 5.56. The Morgan fingerprint density at radius 1 is 1.26 bits per heavy atom. The van der Waals surface area contributed by atoms with E-state index in [2.05, 4.69) is 16.7 Å². The van der Waals surface area contributed by atoms with Crippen LogP contribution in [0.4, 0.5) is 0 Å². The molecule has 35 heavy (non-hydrogen) atoms. The van der Waals surface area contributed by atoms with Crippen molar-refractivity contribution in [2.45, 2.75) is 63.5 Å². The molecule has 2 aromatic rings. The summed E-state index contributed by atoms with van der Waals surface area (Å²) >= 11 is 0. The van der Waals surface area contributed by atoms with E-state index in [-0.39, 0.29) is 29.8 Å². The van der Waals surface area contributed by atoms with Crippen LogP contribution in [0.25, 0.3) is 10.9 Å². The van der Waals surface area contributed by atoms with E-state index in [0.717, 1.165) is 25.7 Å². The molecular formula is C26H33N5O4. The standard InChI is InChI=1S/C26H33N5O4/c1-35-23-9-5-8-20-19(23)14-21(24(28)32)31(20)22(12-16-6-3-2-4-7-16)26(34)30-18(15-27)13-17-10-11-29-25(17)33/h5,8-9,14,16-18,22H,2-4,6-7,10-13H2,1H3,(H2,28,32)(H,29,33)(H,30,34)/t17-,18-,22-/m0/s1. The Bertz CT molecular complexity index is 1140. The van der Waals surface area contributed by atoms with Gasteiger partial charge in [0.25, 0.3) is 5.91 Å². The number of nitrogens with one attached hydrogen (secondary N) is 2. The van der Waals surface area contributed by atoms with Crippen LogP contribution in [0.3, 0.4) is 0 Å². The molecule has 3 atom stereocenters. The summed E-state index contributed by atoms with van der Waals surface area (Å²) in [5.74, 6) is -0.452. The molecule has 1 aromatic carbocycles. The van der Waals surface area contributed by atoms with Crippen molar-refractivity contribution in [2.24, 2.45) is 17.6 Å². The maximum absolute atomic E-state index is 13.7. The molecule has 0 bridgehead atoms. The Hall–Kier alpha value is -3.54. The molecule has 186 valence electrons. The highest BCUT2D eigenvalue weighted by Crippen LogP contribution is 2.36. The molecular weight excluding hydrogens is 446 g/mol. The molecule has 1 aliphatic heterocycles. The first-order valence-corrected chi connectivity index (χ1v) is 12.4. The van der Waals surface area contributed by atoms with Gasteiger partial charge in [-0.15, -0.1) is 0 Å². The molecule has 2 heterocycles. The monoisotopic (exact) mass is 479 g/mol. The van der Waals surface area contributed by atoms with Crippen LogP contribution in [0.15, 0.2) is 24.3 Å². The van der Waals surface area contributed by atoms with Gasteiger partial charge < -0.3 is 25.7 Å². The van der Waals surface area contributed by atoms with Gasteiger partial charge in [0.1, 0.15) is 23.5 Å². The van der Waals surface area contributed by atoms with Gasteiger partial charge in [-0.05, 0) is 43.4 Å². The number of carbonyl (C=O) groups is 3. The summed E-state index contributed by atoms with van der Waals surface area (Å²) in [5.41, 5.74) is 6.67. The van der Waals surface area contributed by atoms with Crippen molar-refractivity contribution >= 4 is 28.6 Å². The number of rotatable bonds is 9. The van der Waals surface area contributed by atoms with Gasteiger partial charge in [0.15, 0.2) is 0 Å². The van der Waals surface area contributed by atoms with Crippen molar-refractivity contribution in [3.8, 4) is 11.8 Å². The van der Waals surface area contributed by atoms with Gasteiger partial charge in [-0.1, -0.05) is 38.2 Å². The number of aromatic nitrogens is 1. The predicted molar refractivity (Wildman–Crippen MR) is 131 cm³/mol. The number of nitriles is 1. The first-order valence-electron chi connectivity index (χ1n) is 12.4. The molecule has 3 amide bonds. The first-order chi connectivity index (χ1) is 16.9. The molecule has 9 heteroatoms. The molecule has 1 aromatic heterocycles. The third kappa shape index (κ3) is 5.26. The topological polar surface area (TPSA) is 139 Å². The van der Waals surface area contributed by atoms with Crippen molar-refractivity contribution in [2.75, 3.05) is 13.7 Å². The number of fused-ring (bicyclic) bond motifs is 1. The lowest BCUT2D eigenvalue weighted by Gasteiger charge is -2.29. The minimum absolute atomic E-state index is 0.0854. The molecule has 2 aliphatic rings. The maximum Gasteiger partial charge on any atom is 0.265 e. The van der Waals surface area contributed by atoms with E-state index in [0.29, 0.717) is 42.0 Å². The Morgan fingerprint density at radius 2 is 2.03 bits per heavy atom. The number of ether oxygens (including phenoxy) is 1. The summed E-state index contributed by atoms with van der Waals surface area (Å²) in [6, 6.07) is 7.74. The summed E-state index contributed by atoms with van der Waals surface area (Å²) in [6.45, 7) is 0.582. The third-order valence-electron chi connectivity index (χ3n) is 7.37. The van der Waals surface area contributed by atoms with E-state index >= 15 is 0 Å². The minimum Gasteiger partial charge on any atom is -0.496 e. The number of nitrogens with two attached hydrogens (primary N) is 1. The van der Waals surface area contributed by atoms with Crippen molar-refractivity contribution in [1.82, 2.24) is 15.2 Å². The molecule has 4 N–H and O–H groups in total. The lowest BCUT2D eigenvalue weighted by atomic mass is 9.84. The highest BCUT2D eigenvalue weighted by atomic mass is 16.5. The summed E-state index contributed by atoms with van der Waals surface area (Å²) in [5, 5.41) is 16.1. The molecule has 0 unspecified atom stereocenters. The zero-order chi connectivity index (χ0) is 24.9. The van der Waals surface area contributed by atoms with Crippen LogP contribution < -0.4 is 21.1 Å². The number of methoxy groups -OCH3 is 1. The van der Waals surface area contributed by atoms with E-state index in [9.17, 15) is 19.6 Å². The van der Waals surface area contributed by atoms with Gasteiger partial charge in [-0.3, -0.25) is 14.4 Å². The molecule has 1 saturated heterocycles. The number of hydrogen-bond acceptors (Lipinski definition) is 5. The Morgan fingerprint density at radius 3 is 2.66 bits per heavy atom. The maximum atomic E-state index is 13.7. The van der Waals surface area contributed by atoms with Crippen LogP contribution in [0.5, 0.6) is 5.75 Å². The SMILES string of the molecule is COc1cccc2c1cc(C(N)=O)n2[C@@H](CC1CCCCC1)C(=O)N[C@H](C#N)C[C@@H]1CCNC1=O. The lowest BCUT2D eigenvalue weighted by Crippen LogP contribution is -2.42. The molecule has 0 radical (unpaired) electrons. The van der Waals surface area contributed by atoms with Crippen LogP contribution in [0.1, 0.15) is 67.9 Å². The van der Waals surface area contributed by atoms with Gasteiger partial charge in [0.2, 0.25) is 11.8 Å². The average molecular weight is 480 g/mol. The van der Waals surface area contributed by atoms with Gasteiger partial charge in [-0.25, -0.2) is 0 Å². The molecule has 4 rings (SSSR count). The number of hydrogen-bond donors (Lipinski definition) is 3. The molecule has 1 aliphatic carbocycles. The van der Waals surface area contributed by atoms with E-state index in [4.69, 9.17) is 10.5 Å². The fraction of sp³-hybridized carbons (Fsp3) is 0.538. The van der Waals surface area contributed by atoms with Gasteiger partial charge in [-0.2, -0.15) is 5.26 Å². The normalized spacial score (nSPS) is 20.1. The zero-order valence-electron chi connectivity index (χ0n) is 20.1. The van der Waals surface area contributed by atoms with Crippen LogP contribution in [-0.4, -0.2) is 42.0 Å². The number of primary amides is 1. The van der Waals surface area contributed by atoms with Crippen molar-refractivity contribution in [3.05, 3.63) is 30.0 Å². The number of amides is 3. The van der Waals surface area contributed by atoms with Crippen LogP contribution >= 0.6 is 0 Å². The van der Waals surface area contributed by atoms with Crippen molar-refractivity contribution in [3.63, 3.8) is 0 Å². The zero-order valence-corrected chi connectivity index (χ0v) is 20.1. The summed E-state index contributed by atoms with van der Waals surface area (Å²) < 4.78 is 7.19. The number of nitrogens with zero attached hydrogens (tertiary/aromatic N) is 2. The predicted octanol–water partition coefficient (Wildman–Crippen LogP) is 2.79. The Labute approximate surface area is 205 Å². The van der Waals surface area contributed by atoms with Crippen molar-refractivity contribution < 1.29 is 19.1 Å². The summed E-state index contributed by atoms with van der Waals surface area (Å²) in [7, 11) is 1.55. The largest absolute Gasteiger partial charge is 0.496 e. The fourth-order valence-corrected chi connectivity index (χ4v) is 5.56. The second kappa shape index (κ2) is 10.8. The quantitative estimate of drug-likeness (QED) is 0.507.